The zero-order valence-electron chi connectivity index (χ0n) is 12.0. The highest BCUT2D eigenvalue weighted by Gasteiger charge is 2.12. The van der Waals surface area contributed by atoms with E-state index in [2.05, 4.69) is 0 Å². The molecule has 0 saturated carbocycles. The summed E-state index contributed by atoms with van der Waals surface area (Å²) in [5.74, 6) is -1.20. The normalized spacial score (nSPS) is 10.6. The topological polar surface area (TPSA) is 66.8 Å². The summed E-state index contributed by atoms with van der Waals surface area (Å²) in [4.78, 5) is 23.9. The van der Waals surface area contributed by atoms with E-state index in [1.807, 2.05) is 31.2 Å². The molecule has 1 aromatic rings. The van der Waals surface area contributed by atoms with E-state index in [-0.39, 0.29) is 18.9 Å². The van der Waals surface area contributed by atoms with Crippen molar-refractivity contribution in [1.29, 1.82) is 0 Å². The minimum absolute atomic E-state index is 0.0900. The van der Waals surface area contributed by atoms with Gasteiger partial charge in [0.25, 0.3) is 0 Å². The number of carbonyl (C=O) groups excluding carboxylic acids is 1. The van der Waals surface area contributed by atoms with Gasteiger partial charge in [0.2, 0.25) is 0 Å². The maximum absolute atomic E-state index is 11.3. The number of aryl methyl sites for hydroxylation is 1. The molecule has 1 rings (SSSR count). The van der Waals surface area contributed by atoms with Gasteiger partial charge in [0.15, 0.2) is 0 Å². The summed E-state index contributed by atoms with van der Waals surface area (Å²) >= 11 is 0. The molecule has 0 unspecified atom stereocenters. The number of benzene rings is 1. The molecule has 0 heterocycles. The van der Waals surface area contributed by atoms with E-state index >= 15 is 0 Å². The lowest BCUT2D eigenvalue weighted by Gasteiger charge is -2.19. The number of aliphatic carboxylic acids is 1. The second-order valence-electron chi connectivity index (χ2n) is 4.65. The average Bonchev–Trinajstić information content (AvgIpc) is 2.38. The largest absolute Gasteiger partial charge is 0.480 e. The van der Waals surface area contributed by atoms with Crippen LogP contribution in [-0.2, 0) is 20.9 Å². The molecule has 0 fully saturated rings. The first kappa shape index (κ1) is 16.2. The van der Waals surface area contributed by atoms with E-state index < -0.39 is 5.97 Å². The summed E-state index contributed by atoms with van der Waals surface area (Å²) in [7, 11) is 0. The predicted octanol–water partition coefficient (Wildman–Crippen LogP) is 1.83. The van der Waals surface area contributed by atoms with Gasteiger partial charge >= 0.3 is 11.9 Å². The number of carbonyl (C=O) groups is 2. The van der Waals surface area contributed by atoms with Gasteiger partial charge in [0, 0.05) is 13.1 Å². The molecule has 0 spiro atoms. The van der Waals surface area contributed by atoms with Crippen LogP contribution in [0, 0.1) is 6.92 Å². The summed E-state index contributed by atoms with van der Waals surface area (Å²) in [5.41, 5.74) is 2.19. The number of ether oxygens (including phenoxy) is 1. The predicted molar refractivity (Wildman–Crippen MR) is 75.3 cm³/mol. The molecule has 0 aromatic heterocycles. The third-order valence-electron chi connectivity index (χ3n) is 2.82. The van der Waals surface area contributed by atoms with Crippen LogP contribution in [-0.4, -0.2) is 41.6 Å². The third kappa shape index (κ3) is 6.33. The van der Waals surface area contributed by atoms with E-state index in [9.17, 15) is 9.59 Å². The Hall–Kier alpha value is -1.88. The van der Waals surface area contributed by atoms with E-state index in [0.29, 0.717) is 19.7 Å². The van der Waals surface area contributed by atoms with Crippen molar-refractivity contribution in [1.82, 2.24) is 4.90 Å². The molecule has 0 saturated heterocycles. The van der Waals surface area contributed by atoms with Crippen LogP contribution in [0.5, 0.6) is 0 Å². The lowest BCUT2D eigenvalue weighted by atomic mass is 10.1. The summed E-state index contributed by atoms with van der Waals surface area (Å²) in [6, 6.07) is 7.91. The first-order chi connectivity index (χ1) is 9.51. The molecule has 20 heavy (non-hydrogen) atoms. The molecule has 5 heteroatoms. The van der Waals surface area contributed by atoms with Gasteiger partial charge in [0.1, 0.15) is 0 Å². The standard InChI is InChI=1S/C15H21NO4/c1-3-20-15(19)8-9-16(11-14(17)18)10-13-6-4-12(2)5-7-13/h4-7H,3,8-11H2,1-2H3,(H,17,18). The second-order valence-corrected chi connectivity index (χ2v) is 4.65. The Morgan fingerprint density at radius 3 is 2.45 bits per heavy atom. The van der Waals surface area contributed by atoms with Crippen LogP contribution in [0.25, 0.3) is 0 Å². The van der Waals surface area contributed by atoms with Crippen molar-refractivity contribution in [3.8, 4) is 0 Å². The highest BCUT2D eigenvalue weighted by molar-refractivity contribution is 5.70. The van der Waals surface area contributed by atoms with E-state index in [4.69, 9.17) is 9.84 Å². The van der Waals surface area contributed by atoms with Gasteiger partial charge in [-0.1, -0.05) is 29.8 Å². The number of hydrogen-bond acceptors (Lipinski definition) is 4. The minimum Gasteiger partial charge on any atom is -0.480 e. The number of rotatable bonds is 8. The Labute approximate surface area is 119 Å². The number of carboxylic acids is 1. The van der Waals surface area contributed by atoms with E-state index in [1.54, 1.807) is 11.8 Å². The van der Waals surface area contributed by atoms with Gasteiger partial charge in [0.05, 0.1) is 19.6 Å². The van der Waals surface area contributed by atoms with Crippen LogP contribution in [0.2, 0.25) is 0 Å². The van der Waals surface area contributed by atoms with E-state index in [1.165, 1.54) is 0 Å². The fourth-order valence-corrected chi connectivity index (χ4v) is 1.84. The molecule has 0 amide bonds. The van der Waals surface area contributed by atoms with Gasteiger partial charge in [-0.25, -0.2) is 0 Å². The summed E-state index contributed by atoms with van der Waals surface area (Å²) < 4.78 is 4.85. The fraction of sp³-hybridized carbons (Fsp3) is 0.467. The number of hydrogen-bond donors (Lipinski definition) is 1. The zero-order chi connectivity index (χ0) is 15.0. The molecule has 1 aromatic carbocycles. The van der Waals surface area contributed by atoms with Crippen molar-refractivity contribution in [3.05, 3.63) is 35.4 Å². The van der Waals surface area contributed by atoms with Crippen LogP contribution in [0.1, 0.15) is 24.5 Å². The van der Waals surface area contributed by atoms with Crippen molar-refractivity contribution in [2.75, 3.05) is 19.7 Å². The van der Waals surface area contributed by atoms with Gasteiger partial charge in [-0.15, -0.1) is 0 Å². The van der Waals surface area contributed by atoms with E-state index in [0.717, 1.165) is 11.1 Å². The average molecular weight is 279 g/mol. The lowest BCUT2D eigenvalue weighted by molar-refractivity contribution is -0.145. The molecule has 1 N–H and O–H groups in total. The third-order valence-corrected chi connectivity index (χ3v) is 2.82. The van der Waals surface area contributed by atoms with Gasteiger partial charge in [-0.2, -0.15) is 0 Å². The van der Waals surface area contributed by atoms with Crippen molar-refractivity contribution in [2.45, 2.75) is 26.8 Å². The fourth-order valence-electron chi connectivity index (χ4n) is 1.84. The summed E-state index contributed by atoms with van der Waals surface area (Å²) in [5, 5.41) is 8.92. The molecule has 0 aliphatic carbocycles. The number of carboxylic acid groups (broad SMARTS) is 1. The molecule has 5 nitrogen and oxygen atoms in total. The van der Waals surface area contributed by atoms with Crippen molar-refractivity contribution >= 4 is 11.9 Å². The monoisotopic (exact) mass is 279 g/mol. The number of esters is 1. The molecule has 0 bridgehead atoms. The Balaban J connectivity index is 2.57. The summed E-state index contributed by atoms with van der Waals surface area (Å²) in [6.45, 7) is 4.88. The van der Waals surface area contributed by atoms with Gasteiger partial charge in [-0.05, 0) is 19.4 Å². The first-order valence-electron chi connectivity index (χ1n) is 6.66. The number of nitrogens with zero attached hydrogens (tertiary/aromatic N) is 1. The molecule has 0 aliphatic rings. The molecule has 0 aliphatic heterocycles. The molecular formula is C15H21NO4. The van der Waals surface area contributed by atoms with Crippen LogP contribution in [0.15, 0.2) is 24.3 Å². The van der Waals surface area contributed by atoms with Gasteiger partial charge < -0.3 is 9.84 Å². The van der Waals surface area contributed by atoms with Crippen molar-refractivity contribution in [3.63, 3.8) is 0 Å². The molecular weight excluding hydrogens is 258 g/mol. The zero-order valence-corrected chi connectivity index (χ0v) is 12.0. The maximum Gasteiger partial charge on any atom is 0.317 e. The molecule has 0 radical (unpaired) electrons. The van der Waals surface area contributed by atoms with Crippen molar-refractivity contribution in [2.24, 2.45) is 0 Å². The van der Waals surface area contributed by atoms with Crippen LogP contribution in [0.4, 0.5) is 0 Å². The first-order valence-corrected chi connectivity index (χ1v) is 6.66. The SMILES string of the molecule is CCOC(=O)CCN(CC(=O)O)Cc1ccc(C)cc1. The smallest absolute Gasteiger partial charge is 0.317 e. The minimum atomic E-state index is -0.902. The Kier molecular flexibility index (Phi) is 6.73. The lowest BCUT2D eigenvalue weighted by Crippen LogP contribution is -2.31. The molecule has 0 atom stereocenters. The highest BCUT2D eigenvalue weighted by Crippen LogP contribution is 2.07. The summed E-state index contributed by atoms with van der Waals surface area (Å²) in [6.07, 6.45) is 0.201. The second kappa shape index (κ2) is 8.32. The van der Waals surface area contributed by atoms with Gasteiger partial charge in [-0.3, -0.25) is 14.5 Å². The molecule has 110 valence electrons. The maximum atomic E-state index is 11.3. The van der Waals surface area contributed by atoms with Crippen molar-refractivity contribution < 1.29 is 19.4 Å². The van der Waals surface area contributed by atoms with Crippen LogP contribution in [0.3, 0.4) is 0 Å². The van der Waals surface area contributed by atoms with Crippen LogP contribution >= 0.6 is 0 Å². The Morgan fingerprint density at radius 2 is 1.90 bits per heavy atom. The highest BCUT2D eigenvalue weighted by atomic mass is 16.5. The quantitative estimate of drug-likeness (QED) is 0.735. The Morgan fingerprint density at radius 1 is 1.25 bits per heavy atom. The van der Waals surface area contributed by atoms with Crippen LogP contribution < -0.4 is 0 Å². The Bertz CT molecular complexity index is 442.